The molecule has 0 spiro atoms. The quantitative estimate of drug-likeness (QED) is 0.280. The van der Waals surface area contributed by atoms with Crippen LogP contribution in [-0.2, 0) is 35.3 Å². The van der Waals surface area contributed by atoms with Crippen molar-refractivity contribution in [3.8, 4) is 0 Å². The zero-order chi connectivity index (χ0) is 31.6. The molecule has 0 aliphatic rings. The van der Waals surface area contributed by atoms with Gasteiger partial charge in [0.05, 0.1) is 28.1 Å². The van der Waals surface area contributed by atoms with Crippen molar-refractivity contribution in [3.05, 3.63) is 69.7 Å². The van der Waals surface area contributed by atoms with Crippen LogP contribution in [0, 0.1) is 5.92 Å². The molecule has 0 saturated heterocycles. The number of aliphatic carboxylic acids is 1. The van der Waals surface area contributed by atoms with Gasteiger partial charge >= 0.3 is 18.0 Å². The van der Waals surface area contributed by atoms with Crippen LogP contribution in [0.15, 0.2) is 48.5 Å². The van der Waals surface area contributed by atoms with Crippen molar-refractivity contribution >= 4 is 58.8 Å². The molecule has 0 fully saturated rings. The maximum Gasteiger partial charge on any atom is 0.417 e. The Kier molecular flexibility index (Phi) is 12.9. The molecule has 0 aliphatic heterocycles. The number of halogens is 2. The monoisotopic (exact) mass is 623 g/mol. The number of hydrogen-bond acceptors (Lipinski definition) is 9. The van der Waals surface area contributed by atoms with E-state index in [-0.39, 0.29) is 22.2 Å². The number of amides is 3. The van der Waals surface area contributed by atoms with Crippen molar-refractivity contribution in [2.75, 3.05) is 6.61 Å². The molecule has 2 rings (SSSR count). The van der Waals surface area contributed by atoms with Gasteiger partial charge in [-0.15, -0.1) is 0 Å². The number of imide groups is 1. The van der Waals surface area contributed by atoms with Gasteiger partial charge in [-0.3, -0.25) is 19.2 Å². The van der Waals surface area contributed by atoms with Gasteiger partial charge in [0.2, 0.25) is 11.8 Å². The third-order valence-corrected chi connectivity index (χ3v) is 6.64. The SMILES string of the molecule is CC(C)[C@H](N)C(=O)N(C(=O)OCc1ccccc1)[C@@H](C)C(=O)N[C@@H](CC(=O)O)C(=O)COC(=O)c1c(Cl)cccc1Cl. The summed E-state index contributed by atoms with van der Waals surface area (Å²) in [6.07, 6.45) is -2.06. The normalized spacial score (nSPS) is 12.9. The number of nitrogens with two attached hydrogens (primary N) is 1. The van der Waals surface area contributed by atoms with E-state index < -0.39 is 72.7 Å². The van der Waals surface area contributed by atoms with E-state index >= 15 is 0 Å². The molecule has 226 valence electrons. The molecule has 3 atom stereocenters. The van der Waals surface area contributed by atoms with E-state index in [0.717, 1.165) is 0 Å². The minimum absolute atomic E-state index is 0.0346. The zero-order valence-corrected chi connectivity index (χ0v) is 24.6. The van der Waals surface area contributed by atoms with Crippen LogP contribution in [0.25, 0.3) is 0 Å². The average molecular weight is 624 g/mol. The molecule has 0 saturated carbocycles. The van der Waals surface area contributed by atoms with Crippen molar-refractivity contribution in [1.82, 2.24) is 10.2 Å². The van der Waals surface area contributed by atoms with Gasteiger partial charge in [-0.05, 0) is 30.5 Å². The molecule has 2 aromatic rings. The van der Waals surface area contributed by atoms with Crippen LogP contribution in [-0.4, -0.2) is 70.4 Å². The van der Waals surface area contributed by atoms with Crippen molar-refractivity contribution in [1.29, 1.82) is 0 Å². The van der Waals surface area contributed by atoms with E-state index in [4.69, 9.17) is 38.4 Å². The summed E-state index contributed by atoms with van der Waals surface area (Å²) in [6.45, 7) is 3.31. The summed E-state index contributed by atoms with van der Waals surface area (Å²) in [5.41, 5.74) is 6.38. The first kappa shape index (κ1) is 34.2. The molecule has 0 aromatic heterocycles. The van der Waals surface area contributed by atoms with Gasteiger partial charge in [0, 0.05) is 0 Å². The first-order valence-corrected chi connectivity index (χ1v) is 13.5. The average Bonchev–Trinajstić information content (AvgIpc) is 2.94. The highest BCUT2D eigenvalue weighted by atomic mass is 35.5. The fourth-order valence-electron chi connectivity index (χ4n) is 3.51. The number of carboxylic acids is 1. The second kappa shape index (κ2) is 15.9. The van der Waals surface area contributed by atoms with E-state index in [9.17, 15) is 33.9 Å². The first-order chi connectivity index (χ1) is 19.7. The smallest absolute Gasteiger partial charge is 0.417 e. The van der Waals surface area contributed by atoms with E-state index in [0.29, 0.717) is 10.5 Å². The lowest BCUT2D eigenvalue weighted by atomic mass is 10.0. The lowest BCUT2D eigenvalue weighted by Crippen LogP contribution is -2.58. The summed E-state index contributed by atoms with van der Waals surface area (Å²) in [4.78, 5) is 76.5. The fourth-order valence-corrected chi connectivity index (χ4v) is 4.06. The predicted molar refractivity (Wildman–Crippen MR) is 152 cm³/mol. The van der Waals surface area contributed by atoms with Crippen molar-refractivity contribution < 1.29 is 43.3 Å². The Morgan fingerprint density at radius 3 is 2.07 bits per heavy atom. The van der Waals surface area contributed by atoms with Gasteiger partial charge in [-0.1, -0.05) is 73.4 Å². The van der Waals surface area contributed by atoms with Gasteiger partial charge in [0.25, 0.3) is 0 Å². The molecule has 42 heavy (non-hydrogen) atoms. The molecule has 0 unspecified atom stereocenters. The number of carbonyl (C=O) groups excluding carboxylic acids is 5. The summed E-state index contributed by atoms with van der Waals surface area (Å²) in [5, 5.41) is 11.5. The highest BCUT2D eigenvalue weighted by Crippen LogP contribution is 2.25. The van der Waals surface area contributed by atoms with Gasteiger partial charge in [-0.2, -0.15) is 0 Å². The van der Waals surface area contributed by atoms with Crippen molar-refractivity contribution in [3.63, 3.8) is 0 Å². The van der Waals surface area contributed by atoms with Crippen LogP contribution < -0.4 is 11.1 Å². The van der Waals surface area contributed by atoms with Gasteiger partial charge < -0.3 is 25.6 Å². The Bertz CT molecular complexity index is 1300. The largest absolute Gasteiger partial charge is 0.481 e. The molecule has 0 radical (unpaired) electrons. The lowest BCUT2D eigenvalue weighted by molar-refractivity contribution is -0.143. The van der Waals surface area contributed by atoms with Crippen molar-refractivity contribution in [2.45, 2.75) is 51.9 Å². The number of carbonyl (C=O) groups is 6. The molecule has 0 heterocycles. The molecule has 12 nitrogen and oxygen atoms in total. The standard InChI is InChI=1S/C28H31Cl2N3O9/c1-15(2)24(31)26(38)33(28(40)42-13-17-8-5-4-6-9-17)16(3)25(37)32-20(12-22(35)36)21(34)14-41-27(39)23-18(29)10-7-11-19(23)30/h4-11,15-16,20,24H,12-14,31H2,1-3H3,(H,32,37)(H,35,36)/t16-,20-,24-/m0/s1. The van der Waals surface area contributed by atoms with Crippen LogP contribution in [0.4, 0.5) is 4.79 Å². The number of Topliss-reactive ketones (excluding diaryl/α,β-unsaturated/α-hetero) is 1. The first-order valence-electron chi connectivity index (χ1n) is 12.7. The highest BCUT2D eigenvalue weighted by Gasteiger charge is 2.38. The second-order valence-electron chi connectivity index (χ2n) is 9.49. The molecule has 0 bridgehead atoms. The number of carboxylic acid groups (broad SMARTS) is 1. The molecular formula is C28H31Cl2N3O9. The summed E-state index contributed by atoms with van der Waals surface area (Å²) >= 11 is 11.9. The molecular weight excluding hydrogens is 593 g/mol. The van der Waals surface area contributed by atoms with Crippen LogP contribution >= 0.6 is 23.2 Å². The van der Waals surface area contributed by atoms with Crippen LogP contribution in [0.2, 0.25) is 10.0 Å². The second-order valence-corrected chi connectivity index (χ2v) is 10.3. The number of esters is 1. The Morgan fingerprint density at radius 2 is 1.52 bits per heavy atom. The number of hydrogen-bond donors (Lipinski definition) is 3. The summed E-state index contributed by atoms with van der Waals surface area (Å²) < 4.78 is 10.2. The number of benzene rings is 2. The maximum atomic E-state index is 13.2. The topological polar surface area (TPSA) is 182 Å². The highest BCUT2D eigenvalue weighted by molar-refractivity contribution is 6.39. The number of ether oxygens (including phenoxy) is 2. The Morgan fingerprint density at radius 1 is 0.929 bits per heavy atom. The summed E-state index contributed by atoms with van der Waals surface area (Å²) in [6, 6.07) is 8.37. The maximum absolute atomic E-state index is 13.2. The summed E-state index contributed by atoms with van der Waals surface area (Å²) in [5.74, 6) is -5.89. The zero-order valence-electron chi connectivity index (χ0n) is 23.0. The van der Waals surface area contributed by atoms with Crippen LogP contribution in [0.1, 0.15) is 43.1 Å². The minimum Gasteiger partial charge on any atom is -0.481 e. The number of nitrogens with one attached hydrogen (secondary N) is 1. The van der Waals surface area contributed by atoms with Gasteiger partial charge in [0.15, 0.2) is 12.4 Å². The summed E-state index contributed by atoms with van der Waals surface area (Å²) in [7, 11) is 0. The predicted octanol–water partition coefficient (Wildman–Crippen LogP) is 3.22. The van der Waals surface area contributed by atoms with Gasteiger partial charge in [0.1, 0.15) is 18.7 Å². The van der Waals surface area contributed by atoms with Crippen molar-refractivity contribution in [2.24, 2.45) is 11.7 Å². The minimum atomic E-state index is -1.69. The molecule has 0 aliphatic carbocycles. The Hall–Kier alpha value is -4.00. The molecule has 14 heteroatoms. The molecule has 4 N–H and O–H groups in total. The third-order valence-electron chi connectivity index (χ3n) is 6.01. The fraction of sp³-hybridized carbons (Fsp3) is 0.357. The van der Waals surface area contributed by atoms with Gasteiger partial charge in [-0.25, -0.2) is 14.5 Å². The Balaban J connectivity index is 2.20. The van der Waals surface area contributed by atoms with E-state index in [1.807, 2.05) is 0 Å². The third kappa shape index (κ3) is 9.54. The number of rotatable bonds is 13. The molecule has 2 aromatic carbocycles. The van der Waals surface area contributed by atoms with E-state index in [1.165, 1.54) is 25.1 Å². The van der Waals surface area contributed by atoms with Crippen LogP contribution in [0.3, 0.4) is 0 Å². The lowest BCUT2D eigenvalue weighted by Gasteiger charge is -2.30. The number of ketones is 1. The Labute approximate surface area is 252 Å². The molecule has 3 amide bonds. The van der Waals surface area contributed by atoms with E-state index in [2.05, 4.69) is 5.32 Å². The van der Waals surface area contributed by atoms with Crippen LogP contribution in [0.5, 0.6) is 0 Å². The van der Waals surface area contributed by atoms with E-state index in [1.54, 1.807) is 44.2 Å². The number of nitrogens with zero attached hydrogens (tertiary/aromatic N) is 1.